The largest absolute Gasteiger partial charge is 0.492 e. The molecule has 1 heterocycles. The maximum atomic E-state index is 5.56. The van der Waals surface area contributed by atoms with Gasteiger partial charge in [-0.2, -0.15) is 0 Å². The zero-order valence-corrected chi connectivity index (χ0v) is 12.4. The molecule has 0 N–H and O–H groups in total. The van der Waals surface area contributed by atoms with Crippen molar-refractivity contribution >= 4 is 0 Å². The molecule has 0 saturated heterocycles. The van der Waals surface area contributed by atoms with E-state index in [1.807, 2.05) is 40.7 Å². The van der Waals surface area contributed by atoms with Gasteiger partial charge in [0.25, 0.3) is 0 Å². The molecule has 0 fully saturated rings. The summed E-state index contributed by atoms with van der Waals surface area (Å²) in [6, 6.07) is 0. The molecule has 0 saturated carbocycles. The SMILES string of the molecule is C=CC1=C(/C=C\C)CN(C)CCO1.CC.CC. The van der Waals surface area contributed by atoms with E-state index in [1.165, 1.54) is 5.57 Å². The zero-order valence-electron chi connectivity index (χ0n) is 12.4. The van der Waals surface area contributed by atoms with Crippen LogP contribution in [0.5, 0.6) is 0 Å². The first kappa shape index (κ1) is 18.3. The Balaban J connectivity index is 0. The Kier molecular flexibility index (Phi) is 14.1. The number of allylic oxidation sites excluding steroid dienone is 2. The summed E-state index contributed by atoms with van der Waals surface area (Å²) in [6.45, 7) is 16.4. The van der Waals surface area contributed by atoms with Gasteiger partial charge in [-0.3, -0.25) is 4.90 Å². The normalized spacial score (nSPS) is 16.1. The third-order valence-corrected chi connectivity index (χ3v) is 2.04. The molecule has 0 unspecified atom stereocenters. The van der Waals surface area contributed by atoms with Gasteiger partial charge in [-0.1, -0.05) is 46.4 Å². The molecule has 0 aromatic heterocycles. The molecular formula is C15H29NO. The number of nitrogens with zero attached hydrogens (tertiary/aromatic N) is 1. The van der Waals surface area contributed by atoms with E-state index in [1.54, 1.807) is 6.08 Å². The quantitative estimate of drug-likeness (QED) is 0.721. The average Bonchev–Trinajstić information content (AvgIpc) is 2.56. The van der Waals surface area contributed by atoms with Crippen LogP contribution < -0.4 is 0 Å². The highest BCUT2D eigenvalue weighted by molar-refractivity contribution is 5.30. The first-order valence-electron chi connectivity index (χ1n) is 6.57. The van der Waals surface area contributed by atoms with E-state index in [0.717, 1.165) is 25.5 Å². The van der Waals surface area contributed by atoms with Crippen molar-refractivity contribution in [2.75, 3.05) is 26.7 Å². The molecule has 0 atom stereocenters. The maximum absolute atomic E-state index is 5.56. The topological polar surface area (TPSA) is 12.5 Å². The van der Waals surface area contributed by atoms with Crippen LogP contribution in [-0.2, 0) is 4.74 Å². The van der Waals surface area contributed by atoms with Crippen LogP contribution >= 0.6 is 0 Å². The van der Waals surface area contributed by atoms with Gasteiger partial charge in [-0.25, -0.2) is 0 Å². The van der Waals surface area contributed by atoms with Crippen molar-refractivity contribution in [3.8, 4) is 0 Å². The molecule has 0 amide bonds. The van der Waals surface area contributed by atoms with Crippen LogP contribution in [0, 0.1) is 0 Å². The third kappa shape index (κ3) is 7.81. The Morgan fingerprint density at radius 1 is 1.24 bits per heavy atom. The minimum atomic E-state index is 0.749. The Hall–Kier alpha value is -1.02. The van der Waals surface area contributed by atoms with Gasteiger partial charge in [-0.15, -0.1) is 0 Å². The molecule has 1 aliphatic rings. The van der Waals surface area contributed by atoms with Crippen molar-refractivity contribution < 1.29 is 4.74 Å². The lowest BCUT2D eigenvalue weighted by atomic mass is 10.2. The van der Waals surface area contributed by atoms with Gasteiger partial charge in [-0.05, 0) is 20.0 Å². The fourth-order valence-electron chi connectivity index (χ4n) is 1.38. The van der Waals surface area contributed by atoms with Crippen molar-refractivity contribution in [3.05, 3.63) is 36.1 Å². The van der Waals surface area contributed by atoms with Crippen LogP contribution in [0.3, 0.4) is 0 Å². The lowest BCUT2D eigenvalue weighted by molar-refractivity contribution is 0.203. The van der Waals surface area contributed by atoms with Gasteiger partial charge in [0.15, 0.2) is 0 Å². The Morgan fingerprint density at radius 3 is 2.29 bits per heavy atom. The minimum absolute atomic E-state index is 0.749. The molecule has 0 radical (unpaired) electrons. The fraction of sp³-hybridized carbons (Fsp3) is 0.600. The minimum Gasteiger partial charge on any atom is -0.492 e. The van der Waals surface area contributed by atoms with E-state index >= 15 is 0 Å². The summed E-state index contributed by atoms with van der Waals surface area (Å²) >= 11 is 0. The van der Waals surface area contributed by atoms with E-state index in [4.69, 9.17) is 4.74 Å². The maximum Gasteiger partial charge on any atom is 0.123 e. The third-order valence-electron chi connectivity index (χ3n) is 2.04. The number of likely N-dealkylation sites (N-methyl/N-ethyl adjacent to an activating group) is 1. The highest BCUT2D eigenvalue weighted by Gasteiger charge is 2.10. The molecule has 1 aliphatic heterocycles. The standard InChI is InChI=1S/C11H17NO.2C2H6/c1-4-6-10-9-12(3)7-8-13-11(10)5-2;2*1-2/h4-6H,2,7-9H2,1,3H3;2*1-2H3/b6-4-;;. The lowest BCUT2D eigenvalue weighted by Gasteiger charge is -2.11. The van der Waals surface area contributed by atoms with E-state index in [9.17, 15) is 0 Å². The highest BCUT2D eigenvalue weighted by Crippen LogP contribution is 2.13. The summed E-state index contributed by atoms with van der Waals surface area (Å²) in [4.78, 5) is 2.24. The van der Waals surface area contributed by atoms with Crippen molar-refractivity contribution in [2.24, 2.45) is 0 Å². The smallest absolute Gasteiger partial charge is 0.123 e. The van der Waals surface area contributed by atoms with Gasteiger partial charge in [0.05, 0.1) is 0 Å². The molecule has 1 rings (SSSR count). The molecule has 0 aromatic carbocycles. The van der Waals surface area contributed by atoms with Gasteiger partial charge < -0.3 is 4.74 Å². The first-order valence-corrected chi connectivity index (χ1v) is 6.57. The molecular weight excluding hydrogens is 210 g/mol. The van der Waals surface area contributed by atoms with E-state index in [-0.39, 0.29) is 0 Å². The summed E-state index contributed by atoms with van der Waals surface area (Å²) in [5.41, 5.74) is 1.21. The number of rotatable bonds is 2. The van der Waals surface area contributed by atoms with E-state index in [0.29, 0.717) is 0 Å². The van der Waals surface area contributed by atoms with E-state index < -0.39 is 0 Å². The summed E-state index contributed by atoms with van der Waals surface area (Å²) in [5.74, 6) is 0.919. The van der Waals surface area contributed by atoms with Gasteiger partial charge in [0.1, 0.15) is 12.4 Å². The van der Waals surface area contributed by atoms with Crippen LogP contribution in [0.1, 0.15) is 34.6 Å². The van der Waals surface area contributed by atoms with Gasteiger partial charge in [0, 0.05) is 18.7 Å². The Morgan fingerprint density at radius 2 is 1.82 bits per heavy atom. The summed E-state index contributed by atoms with van der Waals surface area (Å²) in [7, 11) is 2.10. The lowest BCUT2D eigenvalue weighted by Crippen LogP contribution is -2.22. The van der Waals surface area contributed by atoms with Crippen LogP contribution in [-0.4, -0.2) is 31.6 Å². The van der Waals surface area contributed by atoms with Crippen molar-refractivity contribution in [3.63, 3.8) is 0 Å². The molecule has 2 heteroatoms. The molecule has 2 nitrogen and oxygen atoms in total. The fourth-order valence-corrected chi connectivity index (χ4v) is 1.38. The summed E-state index contributed by atoms with van der Waals surface area (Å²) < 4.78 is 5.56. The van der Waals surface area contributed by atoms with Crippen molar-refractivity contribution in [2.45, 2.75) is 34.6 Å². The number of hydrogen-bond donors (Lipinski definition) is 0. The van der Waals surface area contributed by atoms with Crippen molar-refractivity contribution in [1.29, 1.82) is 0 Å². The molecule has 17 heavy (non-hydrogen) atoms. The molecule has 0 aromatic rings. The van der Waals surface area contributed by atoms with E-state index in [2.05, 4.69) is 24.6 Å². The molecule has 100 valence electrons. The average molecular weight is 239 g/mol. The van der Waals surface area contributed by atoms with Crippen LogP contribution in [0.4, 0.5) is 0 Å². The molecule has 0 spiro atoms. The van der Waals surface area contributed by atoms with Crippen molar-refractivity contribution in [1.82, 2.24) is 4.90 Å². The predicted octanol–water partition coefficient (Wildman–Crippen LogP) is 4.02. The molecule has 0 aliphatic carbocycles. The highest BCUT2D eigenvalue weighted by atomic mass is 16.5. The summed E-state index contributed by atoms with van der Waals surface area (Å²) in [6.07, 6.45) is 5.90. The zero-order chi connectivity index (χ0) is 13.7. The Labute approximate surface area is 108 Å². The summed E-state index contributed by atoms with van der Waals surface area (Å²) in [5, 5.41) is 0. The van der Waals surface area contributed by atoms with Gasteiger partial charge >= 0.3 is 0 Å². The van der Waals surface area contributed by atoms with Crippen LogP contribution in [0.25, 0.3) is 0 Å². The molecule has 0 bridgehead atoms. The predicted molar refractivity (Wildman–Crippen MR) is 78.2 cm³/mol. The van der Waals surface area contributed by atoms with Crippen LogP contribution in [0.2, 0.25) is 0 Å². The van der Waals surface area contributed by atoms with Gasteiger partial charge in [0.2, 0.25) is 0 Å². The first-order chi connectivity index (χ1) is 8.27. The Bertz CT molecular complexity index is 241. The second-order valence-electron chi connectivity index (χ2n) is 3.18. The number of ether oxygens (including phenoxy) is 1. The monoisotopic (exact) mass is 239 g/mol. The second-order valence-corrected chi connectivity index (χ2v) is 3.18. The second kappa shape index (κ2) is 13.0. The van der Waals surface area contributed by atoms with Crippen LogP contribution in [0.15, 0.2) is 36.1 Å². The number of hydrogen-bond acceptors (Lipinski definition) is 2.